The van der Waals surface area contributed by atoms with Crippen molar-refractivity contribution < 1.29 is 19.5 Å². The summed E-state index contributed by atoms with van der Waals surface area (Å²) in [4.78, 5) is 44.4. The quantitative estimate of drug-likeness (QED) is 0.641. The molecule has 1 fully saturated rings. The average Bonchev–Trinajstić information content (AvgIpc) is 3.08. The van der Waals surface area contributed by atoms with Gasteiger partial charge in [-0.3, -0.25) is 19.4 Å². The van der Waals surface area contributed by atoms with Gasteiger partial charge in [-0.2, -0.15) is 0 Å². The van der Waals surface area contributed by atoms with E-state index < -0.39 is 17.6 Å². The highest BCUT2D eigenvalue weighted by Gasteiger charge is 2.38. The SMILES string of the molecule is CC1=Nc2ccccc2C1C(=O)C(=O)N1CCC(C(=O)c2ccc(O)cc2)CC1. The number of phenols is 1. The average molecular weight is 390 g/mol. The lowest BCUT2D eigenvalue weighted by Crippen LogP contribution is -2.45. The molecule has 148 valence electrons. The maximum absolute atomic E-state index is 12.9. The molecule has 1 saturated heterocycles. The van der Waals surface area contributed by atoms with Gasteiger partial charge in [0, 0.05) is 30.3 Å². The van der Waals surface area contributed by atoms with Gasteiger partial charge in [0.15, 0.2) is 5.78 Å². The Morgan fingerprint density at radius 2 is 1.66 bits per heavy atom. The Kier molecular flexibility index (Phi) is 5.01. The first kappa shape index (κ1) is 19.1. The summed E-state index contributed by atoms with van der Waals surface area (Å²) in [6, 6.07) is 13.6. The molecule has 0 spiro atoms. The van der Waals surface area contributed by atoms with E-state index in [1.54, 1.807) is 24.0 Å². The molecule has 0 aliphatic carbocycles. The number of phenolic OH excluding ortho intramolecular Hbond substituents is 1. The van der Waals surface area contributed by atoms with Gasteiger partial charge in [-0.15, -0.1) is 0 Å². The van der Waals surface area contributed by atoms with Gasteiger partial charge >= 0.3 is 0 Å². The number of aliphatic imine (C=N–C) groups is 1. The van der Waals surface area contributed by atoms with Gasteiger partial charge in [-0.25, -0.2) is 0 Å². The first-order valence-electron chi connectivity index (χ1n) is 9.76. The van der Waals surface area contributed by atoms with E-state index in [0.29, 0.717) is 37.2 Å². The summed E-state index contributed by atoms with van der Waals surface area (Å²) in [7, 11) is 0. The van der Waals surface area contributed by atoms with E-state index in [9.17, 15) is 19.5 Å². The van der Waals surface area contributed by atoms with Crippen LogP contribution < -0.4 is 0 Å². The van der Waals surface area contributed by atoms with Crippen molar-refractivity contribution >= 4 is 28.9 Å². The molecule has 1 atom stereocenters. The zero-order valence-electron chi connectivity index (χ0n) is 16.2. The van der Waals surface area contributed by atoms with E-state index >= 15 is 0 Å². The number of amides is 1. The number of likely N-dealkylation sites (tertiary alicyclic amines) is 1. The molecule has 2 aromatic rings. The molecule has 0 radical (unpaired) electrons. The second-order valence-electron chi connectivity index (χ2n) is 7.59. The topological polar surface area (TPSA) is 87.0 Å². The standard InChI is InChI=1S/C23H22N2O4/c1-14-20(18-4-2-3-5-19(18)24-14)22(28)23(29)25-12-10-16(11-13-25)21(27)15-6-8-17(26)9-7-15/h2-9,16,20,26H,10-13H2,1H3. The van der Waals surface area contributed by atoms with Crippen molar-refractivity contribution in [2.24, 2.45) is 10.9 Å². The van der Waals surface area contributed by atoms with E-state index in [4.69, 9.17) is 0 Å². The smallest absolute Gasteiger partial charge is 0.291 e. The van der Waals surface area contributed by atoms with Crippen LogP contribution in [0.5, 0.6) is 5.75 Å². The number of benzene rings is 2. The van der Waals surface area contributed by atoms with Crippen LogP contribution in [0.4, 0.5) is 5.69 Å². The predicted molar refractivity (Wildman–Crippen MR) is 109 cm³/mol. The maximum atomic E-state index is 12.9. The van der Waals surface area contributed by atoms with Crippen molar-refractivity contribution in [1.82, 2.24) is 4.90 Å². The Balaban J connectivity index is 1.40. The lowest BCUT2D eigenvalue weighted by atomic mass is 9.87. The van der Waals surface area contributed by atoms with Gasteiger partial charge < -0.3 is 10.0 Å². The van der Waals surface area contributed by atoms with Gasteiger partial charge in [0.05, 0.1) is 11.6 Å². The van der Waals surface area contributed by atoms with Crippen molar-refractivity contribution in [3.05, 3.63) is 59.7 Å². The minimum atomic E-state index is -0.616. The number of hydrogen-bond donors (Lipinski definition) is 1. The molecular weight excluding hydrogens is 368 g/mol. The van der Waals surface area contributed by atoms with E-state index in [1.165, 1.54) is 12.1 Å². The molecular formula is C23H22N2O4. The molecule has 1 amide bonds. The molecule has 2 aromatic carbocycles. The van der Waals surface area contributed by atoms with Crippen LogP contribution in [-0.2, 0) is 9.59 Å². The first-order valence-corrected chi connectivity index (χ1v) is 9.76. The third kappa shape index (κ3) is 3.58. The number of ketones is 2. The highest BCUT2D eigenvalue weighted by molar-refractivity contribution is 6.43. The zero-order valence-corrected chi connectivity index (χ0v) is 16.2. The highest BCUT2D eigenvalue weighted by atomic mass is 16.3. The normalized spacial score (nSPS) is 18.9. The summed E-state index contributed by atoms with van der Waals surface area (Å²) in [5.41, 5.74) is 2.72. The van der Waals surface area contributed by atoms with Crippen LogP contribution in [0, 0.1) is 5.92 Å². The van der Waals surface area contributed by atoms with Gasteiger partial charge in [0.25, 0.3) is 5.91 Å². The third-order valence-electron chi connectivity index (χ3n) is 5.74. The number of piperidine rings is 1. The lowest BCUT2D eigenvalue weighted by molar-refractivity contribution is -0.145. The van der Waals surface area contributed by atoms with Crippen LogP contribution in [-0.4, -0.2) is 46.3 Å². The van der Waals surface area contributed by atoms with Crippen molar-refractivity contribution in [3.63, 3.8) is 0 Å². The van der Waals surface area contributed by atoms with Crippen molar-refractivity contribution in [1.29, 1.82) is 0 Å². The summed E-state index contributed by atoms with van der Waals surface area (Å²) >= 11 is 0. The van der Waals surface area contributed by atoms with Crippen molar-refractivity contribution in [2.45, 2.75) is 25.7 Å². The van der Waals surface area contributed by atoms with Crippen LogP contribution in [0.3, 0.4) is 0 Å². The molecule has 6 heteroatoms. The molecule has 29 heavy (non-hydrogen) atoms. The van der Waals surface area contributed by atoms with Gasteiger partial charge in [-0.05, 0) is 55.7 Å². The number of nitrogens with zero attached hydrogens (tertiary/aromatic N) is 2. The molecule has 2 heterocycles. The van der Waals surface area contributed by atoms with Crippen LogP contribution in [0.1, 0.15) is 41.6 Å². The summed E-state index contributed by atoms with van der Waals surface area (Å²) in [5.74, 6) is -1.63. The Labute approximate surface area is 168 Å². The van der Waals surface area contributed by atoms with Crippen LogP contribution in [0.2, 0.25) is 0 Å². The van der Waals surface area contributed by atoms with E-state index in [2.05, 4.69) is 4.99 Å². The molecule has 4 rings (SSSR count). The van der Waals surface area contributed by atoms with Gasteiger partial charge in [-0.1, -0.05) is 18.2 Å². The maximum Gasteiger partial charge on any atom is 0.291 e. The number of aromatic hydroxyl groups is 1. The van der Waals surface area contributed by atoms with E-state index in [0.717, 1.165) is 11.3 Å². The van der Waals surface area contributed by atoms with Gasteiger partial charge in [0.2, 0.25) is 5.78 Å². The fourth-order valence-corrected chi connectivity index (χ4v) is 4.13. The number of rotatable bonds is 4. The molecule has 1 N–H and O–H groups in total. The van der Waals surface area contributed by atoms with E-state index in [-0.39, 0.29) is 17.5 Å². The molecule has 0 bridgehead atoms. The number of Topliss-reactive ketones (excluding diaryl/α,β-unsaturated/α-hetero) is 2. The zero-order chi connectivity index (χ0) is 20.5. The second kappa shape index (κ2) is 7.62. The highest BCUT2D eigenvalue weighted by Crippen LogP contribution is 2.36. The number of hydrogen-bond acceptors (Lipinski definition) is 5. The minimum Gasteiger partial charge on any atom is -0.508 e. The summed E-state index contributed by atoms with van der Waals surface area (Å²) < 4.78 is 0. The monoisotopic (exact) mass is 390 g/mol. The molecule has 6 nitrogen and oxygen atoms in total. The molecule has 0 saturated carbocycles. The molecule has 1 unspecified atom stereocenters. The molecule has 2 aliphatic heterocycles. The summed E-state index contributed by atoms with van der Waals surface area (Å²) in [5, 5.41) is 9.37. The molecule has 0 aromatic heterocycles. The Morgan fingerprint density at radius 1 is 1.00 bits per heavy atom. The number of fused-ring (bicyclic) bond motifs is 1. The van der Waals surface area contributed by atoms with Crippen molar-refractivity contribution in [2.75, 3.05) is 13.1 Å². The Morgan fingerprint density at radius 3 is 2.34 bits per heavy atom. The largest absolute Gasteiger partial charge is 0.508 e. The molecule has 2 aliphatic rings. The summed E-state index contributed by atoms with van der Waals surface area (Å²) in [6.07, 6.45) is 1.04. The van der Waals surface area contributed by atoms with E-state index in [1.807, 2.05) is 24.3 Å². The fraction of sp³-hybridized carbons (Fsp3) is 0.304. The fourth-order valence-electron chi connectivity index (χ4n) is 4.13. The second-order valence-corrected chi connectivity index (χ2v) is 7.59. The lowest BCUT2D eigenvalue weighted by Gasteiger charge is -2.31. The van der Waals surface area contributed by atoms with Crippen LogP contribution in [0.25, 0.3) is 0 Å². The van der Waals surface area contributed by atoms with Gasteiger partial charge in [0.1, 0.15) is 5.75 Å². The predicted octanol–water partition coefficient (Wildman–Crippen LogP) is 3.27. The third-order valence-corrected chi connectivity index (χ3v) is 5.74. The summed E-state index contributed by atoms with van der Waals surface area (Å²) in [6.45, 7) is 2.53. The van der Waals surface area contributed by atoms with Crippen LogP contribution in [0.15, 0.2) is 53.5 Å². The number of carbonyl (C=O) groups excluding carboxylic acids is 3. The Hall–Kier alpha value is -3.28. The number of para-hydroxylation sites is 1. The number of carbonyl (C=O) groups is 3. The van der Waals surface area contributed by atoms with Crippen LogP contribution >= 0.6 is 0 Å². The van der Waals surface area contributed by atoms with Crippen molar-refractivity contribution in [3.8, 4) is 5.75 Å². The first-order chi connectivity index (χ1) is 14.0. The minimum absolute atomic E-state index is 0.0103. The Bertz CT molecular complexity index is 1000.